The van der Waals surface area contributed by atoms with E-state index in [1.807, 2.05) is 0 Å². The van der Waals surface area contributed by atoms with Gasteiger partial charge in [0.2, 0.25) is 0 Å². The fourth-order valence-electron chi connectivity index (χ4n) is 1.43. The number of carbonyl (C=O) groups is 1. The van der Waals surface area contributed by atoms with Gasteiger partial charge in [-0.05, 0) is 12.1 Å². The molecule has 0 spiro atoms. The van der Waals surface area contributed by atoms with Crippen molar-refractivity contribution in [1.29, 1.82) is 0 Å². The van der Waals surface area contributed by atoms with Crippen molar-refractivity contribution in [2.24, 2.45) is 0 Å². The van der Waals surface area contributed by atoms with Crippen LogP contribution in [0.3, 0.4) is 0 Å². The van der Waals surface area contributed by atoms with Gasteiger partial charge in [0.25, 0.3) is 0 Å². The third-order valence-electron chi connectivity index (χ3n) is 2.19. The van der Waals surface area contributed by atoms with Crippen LogP contribution in [0, 0.1) is 0 Å². The predicted octanol–water partition coefficient (Wildman–Crippen LogP) is 3.80. The highest BCUT2D eigenvalue weighted by Crippen LogP contribution is 2.36. The molecule has 0 atom stereocenters. The summed E-state index contributed by atoms with van der Waals surface area (Å²) in [5, 5.41) is 9.84. The number of hydrogen-bond donors (Lipinski definition) is 1. The molecule has 18 heavy (non-hydrogen) atoms. The Hall–Kier alpha value is -1.36. The molecule has 1 aromatic heterocycles. The zero-order valence-electron chi connectivity index (χ0n) is 8.69. The van der Waals surface area contributed by atoms with Crippen LogP contribution in [-0.2, 0) is 0 Å². The van der Waals surface area contributed by atoms with Crippen molar-refractivity contribution >= 4 is 40.8 Å². The lowest BCUT2D eigenvalue weighted by Crippen LogP contribution is -2.02. The first-order valence-corrected chi connectivity index (χ1v) is 5.82. The molecule has 92 valence electrons. The molecule has 1 N–H and O–H groups in total. The minimum absolute atomic E-state index is 0.0715. The minimum Gasteiger partial charge on any atom is -0.478 e. The van der Waals surface area contributed by atoms with Gasteiger partial charge in [-0.2, -0.15) is 0 Å². The summed E-state index contributed by atoms with van der Waals surface area (Å²) in [6.45, 7) is 0. The predicted molar refractivity (Wildman–Crippen MR) is 69.5 cm³/mol. The van der Waals surface area contributed by atoms with E-state index in [0.717, 1.165) is 0 Å². The van der Waals surface area contributed by atoms with Crippen LogP contribution in [0.1, 0.15) is 10.4 Å². The van der Waals surface area contributed by atoms with Crippen molar-refractivity contribution in [2.45, 2.75) is 0 Å². The molecule has 0 radical (unpaired) electrons. The van der Waals surface area contributed by atoms with E-state index in [2.05, 4.69) is 9.97 Å². The molecule has 1 heterocycles. The normalized spacial score (nSPS) is 10.4. The molecule has 0 bridgehead atoms. The SMILES string of the molecule is O=C(O)c1cncnc1-c1cc(Cl)cc(Cl)c1Cl. The lowest BCUT2D eigenvalue weighted by atomic mass is 10.1. The smallest absolute Gasteiger partial charge is 0.339 e. The molecule has 7 heteroatoms. The van der Waals surface area contributed by atoms with Crippen molar-refractivity contribution in [3.05, 3.63) is 45.3 Å². The first-order valence-electron chi connectivity index (χ1n) is 4.69. The maximum absolute atomic E-state index is 11.1. The van der Waals surface area contributed by atoms with Gasteiger partial charge < -0.3 is 5.11 Å². The van der Waals surface area contributed by atoms with E-state index in [9.17, 15) is 4.79 Å². The third kappa shape index (κ3) is 2.41. The summed E-state index contributed by atoms with van der Waals surface area (Å²) in [7, 11) is 0. The second-order valence-electron chi connectivity index (χ2n) is 3.34. The van der Waals surface area contributed by atoms with Crippen LogP contribution >= 0.6 is 34.8 Å². The van der Waals surface area contributed by atoms with Gasteiger partial charge in [0, 0.05) is 16.8 Å². The van der Waals surface area contributed by atoms with Crippen molar-refractivity contribution in [3.8, 4) is 11.3 Å². The van der Waals surface area contributed by atoms with Gasteiger partial charge in [-0.25, -0.2) is 14.8 Å². The zero-order valence-corrected chi connectivity index (χ0v) is 11.0. The van der Waals surface area contributed by atoms with E-state index in [-0.39, 0.29) is 21.3 Å². The van der Waals surface area contributed by atoms with Crippen LogP contribution in [0.5, 0.6) is 0 Å². The fraction of sp³-hybridized carbons (Fsp3) is 0. The maximum atomic E-state index is 11.1. The molecule has 0 aliphatic carbocycles. The lowest BCUT2D eigenvalue weighted by molar-refractivity contribution is 0.0697. The summed E-state index contributed by atoms with van der Waals surface area (Å²) in [5.41, 5.74) is 0.457. The summed E-state index contributed by atoms with van der Waals surface area (Å²) in [4.78, 5) is 18.7. The molecule has 0 saturated carbocycles. The second kappa shape index (κ2) is 5.10. The Morgan fingerprint density at radius 1 is 1.22 bits per heavy atom. The summed E-state index contributed by atoms with van der Waals surface area (Å²) in [6.07, 6.45) is 2.42. The van der Waals surface area contributed by atoms with Crippen LogP contribution < -0.4 is 0 Å². The molecule has 0 unspecified atom stereocenters. The topological polar surface area (TPSA) is 63.1 Å². The third-order valence-corrected chi connectivity index (χ3v) is 3.21. The van der Waals surface area contributed by atoms with Crippen molar-refractivity contribution in [2.75, 3.05) is 0 Å². The van der Waals surface area contributed by atoms with Gasteiger partial charge in [0.05, 0.1) is 15.7 Å². The Kier molecular flexibility index (Phi) is 3.71. The highest BCUT2D eigenvalue weighted by Gasteiger charge is 2.17. The Labute approximate surface area is 117 Å². The van der Waals surface area contributed by atoms with Gasteiger partial charge >= 0.3 is 5.97 Å². The first-order chi connectivity index (χ1) is 8.50. The highest BCUT2D eigenvalue weighted by atomic mass is 35.5. The molecule has 0 saturated heterocycles. The van der Waals surface area contributed by atoms with Gasteiger partial charge in [0.1, 0.15) is 11.9 Å². The largest absolute Gasteiger partial charge is 0.478 e. The summed E-state index contributed by atoms with van der Waals surface area (Å²) >= 11 is 17.8. The van der Waals surface area contributed by atoms with Gasteiger partial charge in [-0.3, -0.25) is 0 Å². The van der Waals surface area contributed by atoms with Crippen LogP contribution in [0.15, 0.2) is 24.7 Å². The number of aromatic nitrogens is 2. The quantitative estimate of drug-likeness (QED) is 0.857. The molecule has 0 amide bonds. The van der Waals surface area contributed by atoms with E-state index < -0.39 is 5.97 Å². The van der Waals surface area contributed by atoms with Crippen molar-refractivity contribution in [1.82, 2.24) is 9.97 Å². The summed E-state index contributed by atoms with van der Waals surface area (Å²) < 4.78 is 0. The number of carboxylic acid groups (broad SMARTS) is 1. The highest BCUT2D eigenvalue weighted by molar-refractivity contribution is 6.45. The van der Waals surface area contributed by atoms with E-state index in [1.54, 1.807) is 0 Å². The first kappa shape index (κ1) is 13.1. The van der Waals surface area contributed by atoms with Crippen LogP contribution in [0.2, 0.25) is 15.1 Å². The number of carboxylic acids is 1. The molecule has 0 aliphatic rings. The van der Waals surface area contributed by atoms with E-state index in [1.165, 1.54) is 24.7 Å². The number of halogens is 3. The number of hydrogen-bond acceptors (Lipinski definition) is 3. The Morgan fingerprint density at radius 2 is 1.94 bits per heavy atom. The molecule has 2 aromatic rings. The molecule has 0 aliphatic heterocycles. The number of nitrogens with zero attached hydrogens (tertiary/aromatic N) is 2. The van der Waals surface area contributed by atoms with E-state index >= 15 is 0 Å². The van der Waals surface area contributed by atoms with E-state index in [4.69, 9.17) is 39.9 Å². The minimum atomic E-state index is -1.15. The maximum Gasteiger partial charge on any atom is 0.339 e. The van der Waals surface area contributed by atoms with Crippen molar-refractivity contribution < 1.29 is 9.90 Å². The van der Waals surface area contributed by atoms with Gasteiger partial charge in [0.15, 0.2) is 0 Å². The Morgan fingerprint density at radius 3 is 2.61 bits per heavy atom. The van der Waals surface area contributed by atoms with Crippen LogP contribution in [0.25, 0.3) is 11.3 Å². The Bertz CT molecular complexity index is 632. The number of benzene rings is 1. The number of aromatic carboxylic acids is 1. The van der Waals surface area contributed by atoms with Gasteiger partial charge in [-0.15, -0.1) is 0 Å². The Balaban J connectivity index is 2.73. The monoisotopic (exact) mass is 302 g/mol. The zero-order chi connectivity index (χ0) is 13.3. The summed E-state index contributed by atoms with van der Waals surface area (Å²) in [5.74, 6) is -1.15. The molecule has 0 fully saturated rings. The van der Waals surface area contributed by atoms with E-state index in [0.29, 0.717) is 10.6 Å². The average Bonchev–Trinajstić information content (AvgIpc) is 2.33. The van der Waals surface area contributed by atoms with Crippen LogP contribution in [0.4, 0.5) is 0 Å². The second-order valence-corrected chi connectivity index (χ2v) is 4.56. The molecule has 1 aromatic carbocycles. The average molecular weight is 304 g/mol. The summed E-state index contributed by atoms with van der Waals surface area (Å²) in [6, 6.07) is 2.97. The fourth-order valence-corrected chi connectivity index (χ4v) is 2.12. The molecular weight excluding hydrogens is 298 g/mol. The molecule has 4 nitrogen and oxygen atoms in total. The lowest BCUT2D eigenvalue weighted by Gasteiger charge is -2.08. The number of rotatable bonds is 2. The van der Waals surface area contributed by atoms with Crippen LogP contribution in [-0.4, -0.2) is 21.0 Å². The molecule has 2 rings (SSSR count). The molecular formula is C11H5Cl3N2O2. The van der Waals surface area contributed by atoms with Crippen molar-refractivity contribution in [3.63, 3.8) is 0 Å². The van der Waals surface area contributed by atoms with Gasteiger partial charge in [-0.1, -0.05) is 34.8 Å². The standard InChI is InChI=1S/C11H5Cl3N2O2/c12-5-1-6(9(14)8(13)2-5)10-7(11(17)18)3-15-4-16-10/h1-4H,(H,17,18).